The maximum atomic E-state index is 12.7. The van der Waals surface area contributed by atoms with Crippen LogP contribution in [0, 0.1) is 0 Å². The third kappa shape index (κ3) is 5.12. The summed E-state index contributed by atoms with van der Waals surface area (Å²) in [5, 5.41) is 80.9. The number of ether oxygens (including phenoxy) is 4. The molecule has 2 aromatic carbocycles. The molecule has 2 saturated heterocycles. The van der Waals surface area contributed by atoms with Crippen LogP contribution < -0.4 is 10.2 Å². The third-order valence-corrected chi connectivity index (χ3v) is 6.88. The highest BCUT2D eigenvalue weighted by Gasteiger charge is 2.53. The number of rotatable bonds is 7. The highest BCUT2D eigenvalue weighted by atomic mass is 16.7. The topological polar surface area (TPSA) is 229 Å². The second-order valence-corrected chi connectivity index (χ2v) is 9.65. The highest BCUT2D eigenvalue weighted by Crippen LogP contribution is 2.35. The Kier molecular flexibility index (Phi) is 7.71. The fraction of sp³-hybridized carbons (Fsp3) is 0.423. The van der Waals surface area contributed by atoms with Crippen LogP contribution >= 0.6 is 0 Å². The van der Waals surface area contributed by atoms with Gasteiger partial charge in [-0.3, -0.25) is 4.79 Å². The Bertz CT molecular complexity index is 1410. The summed E-state index contributed by atoms with van der Waals surface area (Å²) in [5.41, 5.74) is -2.15. The van der Waals surface area contributed by atoms with Gasteiger partial charge in [0.05, 0.1) is 19.8 Å². The Morgan fingerprint density at radius 2 is 1.70 bits per heavy atom. The number of phenolic OH excluding ortho intramolecular Hbond substituents is 2. The molecule has 0 spiro atoms. The van der Waals surface area contributed by atoms with E-state index in [0.717, 1.165) is 6.07 Å². The van der Waals surface area contributed by atoms with E-state index in [1.807, 2.05) is 0 Å². The van der Waals surface area contributed by atoms with E-state index in [9.17, 15) is 45.6 Å². The maximum absolute atomic E-state index is 12.7. The molecule has 8 atom stereocenters. The van der Waals surface area contributed by atoms with Gasteiger partial charge in [0.1, 0.15) is 70.1 Å². The molecule has 0 radical (unpaired) electrons. The van der Waals surface area contributed by atoms with Crippen molar-refractivity contribution in [2.45, 2.75) is 48.7 Å². The first-order valence-electron chi connectivity index (χ1n) is 12.2. The van der Waals surface area contributed by atoms with E-state index < -0.39 is 79.7 Å². The van der Waals surface area contributed by atoms with Crippen molar-refractivity contribution < 1.29 is 64.2 Å². The summed E-state index contributed by atoms with van der Waals surface area (Å²) in [4.78, 5) is 12.7. The van der Waals surface area contributed by atoms with Crippen molar-refractivity contribution in [1.82, 2.24) is 0 Å². The zero-order valence-corrected chi connectivity index (χ0v) is 20.7. The predicted octanol–water partition coefficient (Wildman–Crippen LogP) is -1.49. The molecule has 0 amide bonds. The van der Waals surface area contributed by atoms with Gasteiger partial charge in [0.2, 0.25) is 6.29 Å². The van der Waals surface area contributed by atoms with E-state index in [1.54, 1.807) is 0 Å². The molecule has 2 fully saturated rings. The lowest BCUT2D eigenvalue weighted by Gasteiger charge is -2.42. The third-order valence-electron chi connectivity index (χ3n) is 6.88. The fourth-order valence-corrected chi connectivity index (χ4v) is 4.60. The van der Waals surface area contributed by atoms with E-state index in [1.165, 1.54) is 36.4 Å². The SMILES string of the molecule is O=c1cc(-c2ccc(O)cc2)oc2cc(OC3OC(CO)C(OC4OCC(O)(CO)C4O)C(O)C3O)cc(O)c12. The van der Waals surface area contributed by atoms with E-state index in [-0.39, 0.29) is 28.2 Å². The molecule has 40 heavy (non-hydrogen) atoms. The second-order valence-electron chi connectivity index (χ2n) is 9.65. The summed E-state index contributed by atoms with van der Waals surface area (Å²) in [6.45, 7) is -2.02. The van der Waals surface area contributed by atoms with Crippen LogP contribution in [0.5, 0.6) is 17.2 Å². The lowest BCUT2D eigenvalue weighted by molar-refractivity contribution is -0.313. The molecule has 0 aliphatic carbocycles. The molecule has 14 nitrogen and oxygen atoms in total. The first kappa shape index (κ1) is 28.2. The molecule has 0 saturated carbocycles. The smallest absolute Gasteiger partial charge is 0.229 e. The van der Waals surface area contributed by atoms with Crippen molar-refractivity contribution in [3.8, 4) is 28.6 Å². The zero-order valence-electron chi connectivity index (χ0n) is 20.7. The van der Waals surface area contributed by atoms with Gasteiger partial charge < -0.3 is 64.2 Å². The van der Waals surface area contributed by atoms with Gasteiger partial charge in [-0.05, 0) is 24.3 Å². The molecule has 8 unspecified atom stereocenters. The van der Waals surface area contributed by atoms with Crippen LogP contribution in [-0.4, -0.2) is 109 Å². The Balaban J connectivity index is 1.37. The van der Waals surface area contributed by atoms with Gasteiger partial charge >= 0.3 is 0 Å². The molecule has 3 aromatic rings. The van der Waals surface area contributed by atoms with Crippen molar-refractivity contribution >= 4 is 11.0 Å². The molecule has 5 rings (SSSR count). The van der Waals surface area contributed by atoms with Gasteiger partial charge in [0, 0.05) is 23.8 Å². The van der Waals surface area contributed by atoms with Crippen LogP contribution in [0.25, 0.3) is 22.3 Å². The van der Waals surface area contributed by atoms with Crippen molar-refractivity contribution in [2.75, 3.05) is 19.8 Å². The maximum Gasteiger partial charge on any atom is 0.229 e. The van der Waals surface area contributed by atoms with Gasteiger partial charge in [-0.15, -0.1) is 0 Å². The average Bonchev–Trinajstić information content (AvgIpc) is 3.21. The van der Waals surface area contributed by atoms with Crippen LogP contribution in [0.2, 0.25) is 0 Å². The predicted molar refractivity (Wildman–Crippen MR) is 132 cm³/mol. The first-order valence-corrected chi connectivity index (χ1v) is 12.2. The summed E-state index contributed by atoms with van der Waals surface area (Å²) in [5.74, 6) is -0.456. The lowest BCUT2D eigenvalue weighted by atomic mass is 9.98. The first-order chi connectivity index (χ1) is 19.0. The molecule has 3 heterocycles. The van der Waals surface area contributed by atoms with Crippen molar-refractivity contribution in [3.05, 3.63) is 52.7 Å². The van der Waals surface area contributed by atoms with E-state index in [0.29, 0.717) is 5.56 Å². The van der Waals surface area contributed by atoms with Crippen LogP contribution in [0.3, 0.4) is 0 Å². The van der Waals surface area contributed by atoms with Crippen molar-refractivity contribution in [1.29, 1.82) is 0 Å². The lowest BCUT2D eigenvalue weighted by Crippen LogP contribution is -2.62. The Morgan fingerprint density at radius 1 is 0.975 bits per heavy atom. The van der Waals surface area contributed by atoms with Crippen molar-refractivity contribution in [2.24, 2.45) is 0 Å². The Morgan fingerprint density at radius 3 is 2.35 bits per heavy atom. The number of phenols is 2. The minimum Gasteiger partial charge on any atom is -0.508 e. The van der Waals surface area contributed by atoms with E-state index >= 15 is 0 Å². The number of aliphatic hydroxyl groups is 6. The van der Waals surface area contributed by atoms with Gasteiger partial charge in [-0.1, -0.05) is 0 Å². The molecule has 2 aliphatic heterocycles. The molecule has 1 aromatic heterocycles. The van der Waals surface area contributed by atoms with Crippen molar-refractivity contribution in [3.63, 3.8) is 0 Å². The molecule has 216 valence electrons. The van der Waals surface area contributed by atoms with Crippen LogP contribution in [0.1, 0.15) is 0 Å². The van der Waals surface area contributed by atoms with Crippen LogP contribution in [0.4, 0.5) is 0 Å². The number of hydrogen-bond donors (Lipinski definition) is 8. The minimum absolute atomic E-state index is 0.0147. The normalized spacial score (nSPS) is 32.4. The van der Waals surface area contributed by atoms with E-state index in [4.69, 9.17) is 23.4 Å². The number of fused-ring (bicyclic) bond motifs is 1. The highest BCUT2D eigenvalue weighted by molar-refractivity contribution is 5.86. The number of aliphatic hydroxyl groups excluding tert-OH is 5. The molecular weight excluding hydrogens is 536 g/mol. The summed E-state index contributed by atoms with van der Waals surface area (Å²) in [6, 6.07) is 9.39. The number of aromatic hydroxyl groups is 2. The fourth-order valence-electron chi connectivity index (χ4n) is 4.60. The second kappa shape index (κ2) is 10.9. The molecule has 8 N–H and O–H groups in total. The summed E-state index contributed by atoms with van der Waals surface area (Å²) in [7, 11) is 0. The Labute approximate surface area is 225 Å². The largest absolute Gasteiger partial charge is 0.508 e. The summed E-state index contributed by atoms with van der Waals surface area (Å²) >= 11 is 0. The summed E-state index contributed by atoms with van der Waals surface area (Å²) in [6.07, 6.45) is -11.1. The number of hydrogen-bond acceptors (Lipinski definition) is 14. The van der Waals surface area contributed by atoms with Gasteiger partial charge in [-0.2, -0.15) is 0 Å². The average molecular weight is 564 g/mol. The standard InChI is InChI=1S/C26H28O14/c27-8-18-22(40-25-23(34)26(35,9-28)10-36-25)20(32)21(33)24(39-18)37-13-5-14(30)19-15(31)7-16(38-17(19)6-13)11-1-3-12(29)4-2-11/h1-7,18,20-25,27-30,32-35H,8-10H2. The summed E-state index contributed by atoms with van der Waals surface area (Å²) < 4.78 is 27.7. The molecular formula is C26H28O14. The monoisotopic (exact) mass is 564 g/mol. The van der Waals surface area contributed by atoms with Crippen LogP contribution in [-0.2, 0) is 14.2 Å². The Hall–Kier alpha value is -3.31. The van der Waals surface area contributed by atoms with E-state index in [2.05, 4.69) is 0 Å². The van der Waals surface area contributed by atoms with Gasteiger partial charge in [0.15, 0.2) is 11.7 Å². The molecule has 14 heteroatoms. The van der Waals surface area contributed by atoms with Crippen LogP contribution in [0.15, 0.2) is 51.7 Å². The quantitative estimate of drug-likeness (QED) is 0.164. The minimum atomic E-state index is -2.00. The van der Waals surface area contributed by atoms with Gasteiger partial charge in [-0.25, -0.2) is 0 Å². The molecule has 0 bridgehead atoms. The zero-order chi connectivity index (χ0) is 28.8. The number of benzene rings is 2. The molecule has 2 aliphatic rings. The van der Waals surface area contributed by atoms with Gasteiger partial charge in [0.25, 0.3) is 0 Å².